The molecule has 6 heteroatoms. The highest BCUT2D eigenvalue weighted by molar-refractivity contribution is 5.89. The molecule has 0 bridgehead atoms. The largest absolute Gasteiger partial charge is 0.460 e. The van der Waals surface area contributed by atoms with Gasteiger partial charge in [0.2, 0.25) is 0 Å². The number of carbonyl (C=O) groups is 1. The molecule has 3 nitrogen and oxygen atoms in total. The first-order valence-electron chi connectivity index (χ1n) is 5.87. The molecular formula is C14H15F3O3. The molecule has 0 unspecified atom stereocenters. The molecule has 20 heavy (non-hydrogen) atoms. The van der Waals surface area contributed by atoms with E-state index in [-0.39, 0.29) is 30.8 Å². The second kappa shape index (κ2) is 7.09. The lowest BCUT2D eigenvalue weighted by atomic mass is 10.0. The third kappa shape index (κ3) is 4.38. The average Bonchev–Trinajstić information content (AvgIpc) is 2.38. The summed E-state index contributed by atoms with van der Waals surface area (Å²) in [6.07, 6.45) is -3.09. The number of alkyl halides is 3. The van der Waals surface area contributed by atoms with Gasteiger partial charge in [-0.3, -0.25) is 0 Å². The minimum Gasteiger partial charge on any atom is -0.460 e. The molecule has 1 aromatic carbocycles. The number of esters is 1. The third-order valence-corrected chi connectivity index (χ3v) is 2.53. The predicted molar refractivity (Wildman–Crippen MR) is 67.5 cm³/mol. The SMILES string of the molecule is C=CCc1cc(C(=O)OCCOC)ccc1C(F)(F)F. The topological polar surface area (TPSA) is 35.5 Å². The van der Waals surface area contributed by atoms with Gasteiger partial charge < -0.3 is 9.47 Å². The zero-order chi connectivity index (χ0) is 15.2. The normalized spacial score (nSPS) is 11.2. The number of allylic oxidation sites excluding steroid dienone is 1. The standard InChI is InChI=1S/C14H15F3O3/c1-3-4-10-9-11(13(18)20-8-7-19-2)5-6-12(10)14(15,16)17/h3,5-6,9H,1,4,7-8H2,2H3. The predicted octanol–water partition coefficient (Wildman–Crippen LogP) is 3.24. The summed E-state index contributed by atoms with van der Waals surface area (Å²) >= 11 is 0. The van der Waals surface area contributed by atoms with E-state index in [4.69, 9.17) is 9.47 Å². The van der Waals surface area contributed by atoms with Crippen LogP contribution in [0.5, 0.6) is 0 Å². The Morgan fingerprint density at radius 2 is 2.05 bits per heavy atom. The molecule has 0 aliphatic carbocycles. The van der Waals surface area contributed by atoms with E-state index in [1.807, 2.05) is 0 Å². The van der Waals surface area contributed by atoms with Crippen LogP contribution in [-0.4, -0.2) is 26.3 Å². The summed E-state index contributed by atoms with van der Waals surface area (Å²) < 4.78 is 47.9. The van der Waals surface area contributed by atoms with Gasteiger partial charge in [-0.1, -0.05) is 6.08 Å². The summed E-state index contributed by atoms with van der Waals surface area (Å²) in [5.41, 5.74) is -0.703. The van der Waals surface area contributed by atoms with Gasteiger partial charge in [0.15, 0.2) is 0 Å². The Kier molecular flexibility index (Phi) is 5.76. The highest BCUT2D eigenvalue weighted by Gasteiger charge is 2.33. The lowest BCUT2D eigenvalue weighted by Crippen LogP contribution is -2.13. The van der Waals surface area contributed by atoms with E-state index in [1.54, 1.807) is 0 Å². The smallest absolute Gasteiger partial charge is 0.416 e. The highest BCUT2D eigenvalue weighted by atomic mass is 19.4. The lowest BCUT2D eigenvalue weighted by molar-refractivity contribution is -0.138. The summed E-state index contributed by atoms with van der Waals surface area (Å²) in [7, 11) is 1.45. The molecule has 0 saturated heterocycles. The first kappa shape index (κ1) is 16.2. The van der Waals surface area contributed by atoms with Crippen molar-refractivity contribution in [2.24, 2.45) is 0 Å². The van der Waals surface area contributed by atoms with Gasteiger partial charge in [-0.2, -0.15) is 13.2 Å². The molecule has 0 aliphatic heterocycles. The molecule has 1 aromatic rings. The minimum atomic E-state index is -4.46. The van der Waals surface area contributed by atoms with E-state index < -0.39 is 17.7 Å². The number of carbonyl (C=O) groups excluding carboxylic acids is 1. The monoisotopic (exact) mass is 288 g/mol. The molecule has 1 rings (SSSR count). The minimum absolute atomic E-state index is 0.00584. The van der Waals surface area contributed by atoms with Gasteiger partial charge in [0, 0.05) is 7.11 Å². The zero-order valence-corrected chi connectivity index (χ0v) is 11.0. The van der Waals surface area contributed by atoms with E-state index >= 15 is 0 Å². The van der Waals surface area contributed by atoms with Crippen LogP contribution in [0, 0.1) is 0 Å². The molecule has 0 saturated carbocycles. The number of halogens is 3. The summed E-state index contributed by atoms with van der Waals surface area (Å²) in [5, 5.41) is 0. The average molecular weight is 288 g/mol. The molecule has 0 atom stereocenters. The summed E-state index contributed by atoms with van der Waals surface area (Å²) in [4.78, 5) is 11.7. The third-order valence-electron chi connectivity index (χ3n) is 2.53. The molecule has 0 heterocycles. The Morgan fingerprint density at radius 3 is 2.60 bits per heavy atom. The van der Waals surface area contributed by atoms with Gasteiger partial charge in [0.25, 0.3) is 0 Å². The van der Waals surface area contributed by atoms with E-state index in [0.29, 0.717) is 0 Å². The number of rotatable bonds is 6. The van der Waals surface area contributed by atoms with Crippen molar-refractivity contribution in [2.45, 2.75) is 12.6 Å². The van der Waals surface area contributed by atoms with E-state index in [1.165, 1.54) is 19.3 Å². The molecule has 0 amide bonds. The second-order valence-corrected chi connectivity index (χ2v) is 3.99. The lowest BCUT2D eigenvalue weighted by Gasteiger charge is -2.13. The zero-order valence-electron chi connectivity index (χ0n) is 11.0. The first-order valence-corrected chi connectivity index (χ1v) is 5.87. The fourth-order valence-electron chi connectivity index (χ4n) is 1.62. The van der Waals surface area contributed by atoms with Crippen LogP contribution in [0.3, 0.4) is 0 Å². The quantitative estimate of drug-likeness (QED) is 0.458. The van der Waals surface area contributed by atoms with Crippen LogP contribution in [0.15, 0.2) is 30.9 Å². The molecule has 110 valence electrons. The molecule has 0 aromatic heterocycles. The molecule has 0 fully saturated rings. The Hall–Kier alpha value is -1.82. The van der Waals surface area contributed by atoms with Gasteiger partial charge in [-0.15, -0.1) is 6.58 Å². The summed E-state index contributed by atoms with van der Waals surface area (Å²) in [5.74, 6) is -0.680. The van der Waals surface area contributed by atoms with Crippen molar-refractivity contribution in [1.29, 1.82) is 0 Å². The number of methoxy groups -OCH3 is 1. The molecule has 0 N–H and O–H groups in total. The van der Waals surface area contributed by atoms with Crippen LogP contribution in [0.25, 0.3) is 0 Å². The maximum Gasteiger partial charge on any atom is 0.416 e. The van der Waals surface area contributed by atoms with Gasteiger partial charge in [0.05, 0.1) is 17.7 Å². The van der Waals surface area contributed by atoms with Gasteiger partial charge in [0.1, 0.15) is 6.61 Å². The second-order valence-electron chi connectivity index (χ2n) is 3.99. The van der Waals surface area contributed by atoms with Crippen molar-refractivity contribution in [3.63, 3.8) is 0 Å². The Balaban J connectivity index is 2.98. The summed E-state index contributed by atoms with van der Waals surface area (Å²) in [6, 6.07) is 3.16. The van der Waals surface area contributed by atoms with E-state index in [2.05, 4.69) is 6.58 Å². The van der Waals surface area contributed by atoms with E-state index in [9.17, 15) is 18.0 Å². The van der Waals surface area contributed by atoms with Crippen molar-refractivity contribution in [1.82, 2.24) is 0 Å². The first-order chi connectivity index (χ1) is 9.40. The van der Waals surface area contributed by atoms with Crippen LogP contribution < -0.4 is 0 Å². The van der Waals surface area contributed by atoms with Crippen molar-refractivity contribution in [2.75, 3.05) is 20.3 Å². The Bertz CT molecular complexity index is 481. The maximum atomic E-state index is 12.8. The van der Waals surface area contributed by atoms with Crippen LogP contribution in [0.4, 0.5) is 13.2 Å². The Morgan fingerprint density at radius 1 is 1.35 bits per heavy atom. The van der Waals surface area contributed by atoms with E-state index in [0.717, 1.165) is 12.1 Å². The number of hydrogen-bond acceptors (Lipinski definition) is 3. The van der Waals surface area contributed by atoms with Crippen LogP contribution in [0.2, 0.25) is 0 Å². The van der Waals surface area contributed by atoms with Crippen molar-refractivity contribution in [3.05, 3.63) is 47.5 Å². The van der Waals surface area contributed by atoms with Crippen molar-refractivity contribution >= 4 is 5.97 Å². The fourth-order valence-corrected chi connectivity index (χ4v) is 1.62. The number of hydrogen-bond donors (Lipinski definition) is 0. The molecule has 0 spiro atoms. The number of ether oxygens (including phenoxy) is 2. The maximum absolute atomic E-state index is 12.8. The molecule has 0 aliphatic rings. The van der Waals surface area contributed by atoms with Gasteiger partial charge in [-0.25, -0.2) is 4.79 Å². The fraction of sp³-hybridized carbons (Fsp3) is 0.357. The van der Waals surface area contributed by atoms with Crippen molar-refractivity contribution < 1.29 is 27.4 Å². The highest BCUT2D eigenvalue weighted by Crippen LogP contribution is 2.32. The summed E-state index contributed by atoms with van der Waals surface area (Å²) in [6.45, 7) is 3.69. The van der Waals surface area contributed by atoms with Crippen molar-refractivity contribution in [3.8, 4) is 0 Å². The molecule has 0 radical (unpaired) electrons. The van der Waals surface area contributed by atoms with Crippen LogP contribution in [-0.2, 0) is 22.1 Å². The Labute approximate surface area is 115 Å². The van der Waals surface area contributed by atoms with Gasteiger partial charge in [-0.05, 0) is 30.2 Å². The van der Waals surface area contributed by atoms with Gasteiger partial charge >= 0.3 is 12.1 Å². The van der Waals surface area contributed by atoms with Crippen LogP contribution >= 0.6 is 0 Å². The molecular weight excluding hydrogens is 273 g/mol. The number of benzene rings is 1. The van der Waals surface area contributed by atoms with Crippen LogP contribution in [0.1, 0.15) is 21.5 Å².